The summed E-state index contributed by atoms with van der Waals surface area (Å²) >= 11 is 0. The molecule has 0 aliphatic heterocycles. The lowest BCUT2D eigenvalue weighted by atomic mass is 9.96. The van der Waals surface area contributed by atoms with E-state index in [9.17, 15) is 0 Å². The number of nitrogens with two attached hydrogens (primary N) is 1. The topological polar surface area (TPSA) is 30.9 Å². The summed E-state index contributed by atoms with van der Waals surface area (Å²) in [6.07, 6.45) is 0.949. The van der Waals surface area contributed by atoms with Crippen molar-refractivity contribution in [2.24, 2.45) is 11.7 Å². The molecule has 0 aliphatic rings. The van der Waals surface area contributed by atoms with E-state index in [4.69, 9.17) is 5.73 Å². The first-order valence-electron chi connectivity index (χ1n) is 6.15. The molecule has 0 bridgehead atoms. The normalized spacial score (nSPS) is 12.5. The van der Waals surface area contributed by atoms with Gasteiger partial charge in [0.15, 0.2) is 0 Å². The van der Waals surface area contributed by atoms with Gasteiger partial charge >= 0.3 is 0 Å². The quantitative estimate of drug-likeness (QED) is 0.834. The highest BCUT2D eigenvalue weighted by Crippen LogP contribution is 2.20. The van der Waals surface area contributed by atoms with Gasteiger partial charge in [-0.05, 0) is 51.7 Å². The minimum absolute atomic E-state index is 0.124. The van der Waals surface area contributed by atoms with Crippen molar-refractivity contribution in [3.05, 3.63) is 23.0 Å². The highest BCUT2D eigenvalue weighted by atomic mass is 15.0. The van der Waals surface area contributed by atoms with Gasteiger partial charge in [0.2, 0.25) is 0 Å². The Morgan fingerprint density at radius 1 is 1.31 bits per heavy atom. The molecule has 0 saturated carbocycles. The summed E-state index contributed by atoms with van der Waals surface area (Å²) < 4.78 is 2.41. The van der Waals surface area contributed by atoms with Gasteiger partial charge in [0.05, 0.1) is 0 Å². The van der Waals surface area contributed by atoms with Gasteiger partial charge in [0, 0.05) is 23.5 Å². The summed E-state index contributed by atoms with van der Waals surface area (Å²) in [5.41, 5.74) is 10.1. The predicted molar refractivity (Wildman–Crippen MR) is 70.7 cm³/mol. The van der Waals surface area contributed by atoms with E-state index in [1.54, 1.807) is 0 Å². The van der Waals surface area contributed by atoms with Crippen LogP contribution in [0.3, 0.4) is 0 Å². The van der Waals surface area contributed by atoms with Crippen LogP contribution in [0.25, 0.3) is 0 Å². The van der Waals surface area contributed by atoms with Crippen LogP contribution in [-0.4, -0.2) is 10.1 Å². The number of hydrogen-bond donors (Lipinski definition) is 1. The van der Waals surface area contributed by atoms with E-state index < -0.39 is 0 Å². The molecule has 2 N–H and O–H groups in total. The Labute approximate surface area is 99.8 Å². The van der Waals surface area contributed by atoms with E-state index in [2.05, 4.69) is 52.2 Å². The predicted octanol–water partition coefficient (Wildman–Crippen LogP) is 3.04. The highest BCUT2D eigenvalue weighted by Gasteiger charge is 2.17. The van der Waals surface area contributed by atoms with Gasteiger partial charge < -0.3 is 10.3 Å². The first-order valence-corrected chi connectivity index (χ1v) is 6.15. The highest BCUT2D eigenvalue weighted by molar-refractivity contribution is 5.28. The molecule has 1 rings (SSSR count). The molecule has 0 spiro atoms. The molecule has 2 nitrogen and oxygen atoms in total. The van der Waals surface area contributed by atoms with Crippen molar-refractivity contribution in [3.63, 3.8) is 0 Å². The fourth-order valence-electron chi connectivity index (χ4n) is 2.19. The van der Waals surface area contributed by atoms with E-state index in [0.717, 1.165) is 13.0 Å². The third-order valence-corrected chi connectivity index (χ3v) is 2.87. The van der Waals surface area contributed by atoms with Crippen molar-refractivity contribution < 1.29 is 0 Å². The van der Waals surface area contributed by atoms with Gasteiger partial charge in [-0.15, -0.1) is 0 Å². The average Bonchev–Trinajstić information content (AvgIpc) is 2.29. The number of aromatic nitrogens is 1. The third-order valence-electron chi connectivity index (χ3n) is 2.87. The summed E-state index contributed by atoms with van der Waals surface area (Å²) in [6.45, 7) is 14.2. The largest absolute Gasteiger partial charge is 0.349 e. The molecule has 0 aromatic carbocycles. The van der Waals surface area contributed by atoms with Gasteiger partial charge in [-0.1, -0.05) is 13.8 Å². The second-order valence-electron chi connectivity index (χ2n) is 6.07. The fourth-order valence-corrected chi connectivity index (χ4v) is 2.19. The fraction of sp³-hybridized carbons (Fsp3) is 0.714. The summed E-state index contributed by atoms with van der Waals surface area (Å²) in [5.74, 6) is 0.684. The van der Waals surface area contributed by atoms with Gasteiger partial charge in [-0.25, -0.2) is 0 Å². The third kappa shape index (κ3) is 3.38. The van der Waals surface area contributed by atoms with Crippen LogP contribution < -0.4 is 5.73 Å². The maximum atomic E-state index is 6.09. The molecule has 1 aromatic heterocycles. The molecule has 0 unspecified atom stereocenters. The summed E-state index contributed by atoms with van der Waals surface area (Å²) in [5, 5.41) is 0. The van der Waals surface area contributed by atoms with Gasteiger partial charge in [0.25, 0.3) is 0 Å². The second-order valence-corrected chi connectivity index (χ2v) is 6.07. The van der Waals surface area contributed by atoms with Crippen molar-refractivity contribution in [2.75, 3.05) is 0 Å². The van der Waals surface area contributed by atoms with Crippen LogP contribution in [0.5, 0.6) is 0 Å². The minimum Gasteiger partial charge on any atom is -0.349 e. The Hall–Kier alpha value is -0.760. The average molecular weight is 222 g/mol. The first-order chi connectivity index (χ1) is 7.20. The van der Waals surface area contributed by atoms with Crippen LogP contribution in [0.1, 0.15) is 44.6 Å². The second kappa shape index (κ2) is 4.62. The van der Waals surface area contributed by atoms with E-state index in [1.165, 1.54) is 17.0 Å². The van der Waals surface area contributed by atoms with Crippen molar-refractivity contribution in [2.45, 2.75) is 60.0 Å². The zero-order chi connectivity index (χ0) is 12.5. The maximum absolute atomic E-state index is 6.09. The number of nitrogens with zero attached hydrogens (tertiary/aromatic N) is 1. The molecule has 0 fully saturated rings. The molecular formula is C14H26N2. The summed E-state index contributed by atoms with van der Waals surface area (Å²) in [4.78, 5) is 0. The Bertz CT molecular complexity index is 354. The smallest absolute Gasteiger partial charge is 0.0247 e. The van der Waals surface area contributed by atoms with Crippen LogP contribution in [-0.2, 0) is 13.0 Å². The molecule has 1 aromatic rings. The molecule has 2 heteroatoms. The van der Waals surface area contributed by atoms with Crippen LogP contribution in [0.2, 0.25) is 0 Å². The standard InChI is InChI=1S/C14H26N2/c1-10(2)9-16-11(3)7-13(12(16)4)8-14(5,6)15/h7,10H,8-9,15H2,1-6H3. The van der Waals surface area contributed by atoms with E-state index in [-0.39, 0.29) is 5.54 Å². The Balaban J connectivity index is 2.97. The van der Waals surface area contributed by atoms with Crippen molar-refractivity contribution in [3.8, 4) is 0 Å². The SMILES string of the molecule is Cc1cc(CC(C)(C)N)c(C)n1CC(C)C. The van der Waals surface area contributed by atoms with Crippen LogP contribution in [0.15, 0.2) is 6.07 Å². The van der Waals surface area contributed by atoms with E-state index in [0.29, 0.717) is 5.92 Å². The van der Waals surface area contributed by atoms with Gasteiger partial charge in [0.1, 0.15) is 0 Å². The zero-order valence-corrected chi connectivity index (χ0v) is 11.6. The number of rotatable bonds is 4. The Kier molecular flexibility index (Phi) is 3.84. The lowest BCUT2D eigenvalue weighted by molar-refractivity contribution is 0.498. The van der Waals surface area contributed by atoms with Crippen LogP contribution >= 0.6 is 0 Å². The molecular weight excluding hydrogens is 196 g/mol. The van der Waals surface area contributed by atoms with Crippen molar-refractivity contribution >= 4 is 0 Å². The van der Waals surface area contributed by atoms with Gasteiger partial charge in [-0.3, -0.25) is 0 Å². The Morgan fingerprint density at radius 2 is 1.88 bits per heavy atom. The van der Waals surface area contributed by atoms with E-state index >= 15 is 0 Å². The molecule has 0 aliphatic carbocycles. The van der Waals surface area contributed by atoms with Crippen LogP contribution in [0.4, 0.5) is 0 Å². The molecule has 0 amide bonds. The Morgan fingerprint density at radius 3 is 2.31 bits per heavy atom. The molecule has 1 heterocycles. The van der Waals surface area contributed by atoms with Gasteiger partial charge in [-0.2, -0.15) is 0 Å². The maximum Gasteiger partial charge on any atom is 0.0247 e. The molecule has 0 radical (unpaired) electrons. The van der Waals surface area contributed by atoms with E-state index in [1.807, 2.05) is 0 Å². The lowest BCUT2D eigenvalue weighted by Gasteiger charge is -2.18. The van der Waals surface area contributed by atoms with Crippen molar-refractivity contribution in [1.29, 1.82) is 0 Å². The molecule has 92 valence electrons. The minimum atomic E-state index is -0.124. The molecule has 0 saturated heterocycles. The molecule has 0 atom stereocenters. The lowest BCUT2D eigenvalue weighted by Crippen LogP contribution is -2.34. The summed E-state index contributed by atoms with van der Waals surface area (Å²) in [6, 6.07) is 2.28. The van der Waals surface area contributed by atoms with Crippen molar-refractivity contribution in [1.82, 2.24) is 4.57 Å². The zero-order valence-electron chi connectivity index (χ0n) is 11.6. The number of aryl methyl sites for hydroxylation is 1. The molecule has 16 heavy (non-hydrogen) atoms. The monoisotopic (exact) mass is 222 g/mol. The summed E-state index contributed by atoms with van der Waals surface area (Å²) in [7, 11) is 0. The first kappa shape index (κ1) is 13.3. The van der Waals surface area contributed by atoms with Crippen LogP contribution in [0, 0.1) is 19.8 Å². The number of hydrogen-bond acceptors (Lipinski definition) is 1.